The van der Waals surface area contributed by atoms with Crippen molar-refractivity contribution < 1.29 is 4.79 Å². The van der Waals surface area contributed by atoms with Crippen molar-refractivity contribution in [2.75, 3.05) is 0 Å². The minimum absolute atomic E-state index is 0.106. The summed E-state index contributed by atoms with van der Waals surface area (Å²) < 4.78 is 0. The molecule has 3 atom stereocenters. The summed E-state index contributed by atoms with van der Waals surface area (Å²) in [6.07, 6.45) is 6.33. The zero-order valence-electron chi connectivity index (χ0n) is 10.7. The lowest BCUT2D eigenvalue weighted by atomic mass is 9.62. The van der Waals surface area contributed by atoms with Crippen molar-refractivity contribution >= 4 is 5.78 Å². The standard InChI is InChI=1S/C15H22O/c1-10(2)13-6-5-12(4)15(13)8-7-11(3)9-14(15)16/h9,12-13H,1,5-8H2,2-4H3/t12-,13-,15-/m1/s1. The highest BCUT2D eigenvalue weighted by Crippen LogP contribution is 2.55. The van der Waals surface area contributed by atoms with Gasteiger partial charge in [0.25, 0.3) is 0 Å². The van der Waals surface area contributed by atoms with Crippen LogP contribution in [0, 0.1) is 17.3 Å². The van der Waals surface area contributed by atoms with Crippen molar-refractivity contribution in [2.45, 2.75) is 46.5 Å². The summed E-state index contributed by atoms with van der Waals surface area (Å²) >= 11 is 0. The van der Waals surface area contributed by atoms with Crippen molar-refractivity contribution in [3.8, 4) is 0 Å². The van der Waals surface area contributed by atoms with E-state index < -0.39 is 0 Å². The molecule has 2 aliphatic rings. The normalized spacial score (nSPS) is 38.9. The molecule has 88 valence electrons. The summed E-state index contributed by atoms with van der Waals surface area (Å²) in [5, 5.41) is 0. The van der Waals surface area contributed by atoms with E-state index in [4.69, 9.17) is 0 Å². The second-order valence-corrected chi connectivity index (χ2v) is 5.77. The number of hydrogen-bond donors (Lipinski definition) is 0. The van der Waals surface area contributed by atoms with E-state index in [-0.39, 0.29) is 5.41 Å². The van der Waals surface area contributed by atoms with Gasteiger partial charge < -0.3 is 0 Å². The molecule has 1 saturated carbocycles. The van der Waals surface area contributed by atoms with Gasteiger partial charge in [0.05, 0.1) is 0 Å². The number of hydrogen-bond acceptors (Lipinski definition) is 1. The quantitative estimate of drug-likeness (QED) is 0.610. The summed E-state index contributed by atoms with van der Waals surface area (Å²) in [5.41, 5.74) is 2.34. The molecule has 0 amide bonds. The Balaban J connectivity index is 2.42. The molecule has 0 bridgehead atoms. The number of ketones is 1. The Kier molecular flexibility index (Phi) is 2.81. The summed E-state index contributed by atoms with van der Waals surface area (Å²) in [6, 6.07) is 0. The Morgan fingerprint density at radius 3 is 2.75 bits per heavy atom. The van der Waals surface area contributed by atoms with Crippen LogP contribution < -0.4 is 0 Å². The van der Waals surface area contributed by atoms with Crippen LogP contribution in [0.15, 0.2) is 23.8 Å². The van der Waals surface area contributed by atoms with Crippen molar-refractivity contribution in [3.05, 3.63) is 23.8 Å². The fraction of sp³-hybridized carbons (Fsp3) is 0.667. The third-order valence-corrected chi connectivity index (χ3v) is 4.75. The van der Waals surface area contributed by atoms with Gasteiger partial charge in [-0.05, 0) is 57.4 Å². The third kappa shape index (κ3) is 1.49. The number of allylic oxidation sites excluding steroid dienone is 3. The monoisotopic (exact) mass is 218 g/mol. The van der Waals surface area contributed by atoms with Crippen LogP contribution in [0.25, 0.3) is 0 Å². The SMILES string of the molecule is C=C(C)[C@H]1CC[C@@H](C)[C@]12CCC(C)=CC2=O. The molecule has 2 rings (SSSR count). The second kappa shape index (κ2) is 3.87. The molecule has 0 saturated heterocycles. The summed E-state index contributed by atoms with van der Waals surface area (Å²) in [5.74, 6) is 1.31. The van der Waals surface area contributed by atoms with Crippen LogP contribution >= 0.6 is 0 Å². The zero-order valence-corrected chi connectivity index (χ0v) is 10.7. The van der Waals surface area contributed by atoms with Gasteiger partial charge in [-0.3, -0.25) is 4.79 Å². The summed E-state index contributed by atoms with van der Waals surface area (Å²) in [7, 11) is 0. The first-order chi connectivity index (χ1) is 7.48. The molecule has 1 nitrogen and oxygen atoms in total. The van der Waals surface area contributed by atoms with Gasteiger partial charge in [-0.15, -0.1) is 0 Å². The molecular weight excluding hydrogens is 196 g/mol. The summed E-state index contributed by atoms with van der Waals surface area (Å²) in [6.45, 7) is 10.5. The molecule has 0 N–H and O–H groups in total. The third-order valence-electron chi connectivity index (χ3n) is 4.75. The van der Waals surface area contributed by atoms with Crippen LogP contribution in [0.2, 0.25) is 0 Å². The Morgan fingerprint density at radius 2 is 2.19 bits per heavy atom. The van der Waals surface area contributed by atoms with Crippen molar-refractivity contribution in [1.82, 2.24) is 0 Å². The molecule has 0 aromatic carbocycles. The van der Waals surface area contributed by atoms with Gasteiger partial charge in [0.15, 0.2) is 5.78 Å². The number of carbonyl (C=O) groups is 1. The molecule has 0 unspecified atom stereocenters. The predicted octanol–water partition coefficient (Wildman–Crippen LogP) is 3.90. The Labute approximate surface area is 98.6 Å². The maximum Gasteiger partial charge on any atom is 0.162 e. The largest absolute Gasteiger partial charge is 0.294 e. The lowest BCUT2D eigenvalue weighted by molar-refractivity contribution is -0.128. The first-order valence-corrected chi connectivity index (χ1v) is 6.35. The van der Waals surface area contributed by atoms with Crippen LogP contribution in [0.4, 0.5) is 0 Å². The van der Waals surface area contributed by atoms with E-state index in [1.54, 1.807) is 0 Å². The van der Waals surface area contributed by atoms with Crippen molar-refractivity contribution in [3.63, 3.8) is 0 Å². The van der Waals surface area contributed by atoms with E-state index in [9.17, 15) is 4.79 Å². The van der Waals surface area contributed by atoms with Crippen LogP contribution in [-0.4, -0.2) is 5.78 Å². The van der Waals surface area contributed by atoms with Crippen LogP contribution in [-0.2, 0) is 4.79 Å². The lowest BCUT2D eigenvalue weighted by Gasteiger charge is -2.40. The molecule has 16 heavy (non-hydrogen) atoms. The topological polar surface area (TPSA) is 17.1 Å². The first-order valence-electron chi connectivity index (χ1n) is 6.35. The maximum absolute atomic E-state index is 12.4. The van der Waals surface area contributed by atoms with Crippen LogP contribution in [0.3, 0.4) is 0 Å². The Hall–Kier alpha value is -0.850. The fourth-order valence-corrected chi connectivity index (χ4v) is 3.75. The van der Waals surface area contributed by atoms with Gasteiger partial charge >= 0.3 is 0 Å². The van der Waals surface area contributed by atoms with Crippen LogP contribution in [0.1, 0.15) is 46.5 Å². The predicted molar refractivity (Wildman–Crippen MR) is 67.1 cm³/mol. The molecule has 1 heteroatoms. The molecular formula is C15H22O. The maximum atomic E-state index is 12.4. The van der Waals surface area contributed by atoms with Crippen molar-refractivity contribution in [2.24, 2.45) is 17.3 Å². The Morgan fingerprint density at radius 1 is 1.50 bits per heavy atom. The van der Waals surface area contributed by atoms with Crippen molar-refractivity contribution in [1.29, 1.82) is 0 Å². The molecule has 0 radical (unpaired) electrons. The molecule has 0 heterocycles. The number of rotatable bonds is 1. The number of carbonyl (C=O) groups excluding carboxylic acids is 1. The highest BCUT2D eigenvalue weighted by Gasteiger charge is 2.53. The van der Waals surface area contributed by atoms with E-state index in [1.165, 1.54) is 17.6 Å². The average Bonchev–Trinajstić information content (AvgIpc) is 2.52. The van der Waals surface area contributed by atoms with Gasteiger partial charge in [-0.1, -0.05) is 24.6 Å². The molecule has 0 aliphatic heterocycles. The first kappa shape index (κ1) is 11.6. The molecule has 0 aromatic rings. The van der Waals surface area contributed by atoms with E-state index in [1.807, 2.05) is 6.08 Å². The average molecular weight is 218 g/mol. The van der Waals surface area contributed by atoms with E-state index in [0.29, 0.717) is 17.6 Å². The second-order valence-electron chi connectivity index (χ2n) is 5.77. The minimum atomic E-state index is -0.106. The van der Waals surface area contributed by atoms with Gasteiger partial charge in [0.2, 0.25) is 0 Å². The van der Waals surface area contributed by atoms with Gasteiger partial charge in [-0.2, -0.15) is 0 Å². The minimum Gasteiger partial charge on any atom is -0.294 e. The molecule has 1 spiro atoms. The zero-order chi connectivity index (χ0) is 11.9. The highest BCUT2D eigenvalue weighted by atomic mass is 16.1. The molecule has 0 aromatic heterocycles. The fourth-order valence-electron chi connectivity index (χ4n) is 3.75. The van der Waals surface area contributed by atoms with Gasteiger partial charge in [-0.25, -0.2) is 0 Å². The lowest BCUT2D eigenvalue weighted by Crippen LogP contribution is -2.41. The smallest absolute Gasteiger partial charge is 0.162 e. The van der Waals surface area contributed by atoms with Gasteiger partial charge in [0.1, 0.15) is 0 Å². The Bertz CT molecular complexity index is 364. The van der Waals surface area contributed by atoms with E-state index in [0.717, 1.165) is 19.3 Å². The van der Waals surface area contributed by atoms with Crippen LogP contribution in [0.5, 0.6) is 0 Å². The highest BCUT2D eigenvalue weighted by molar-refractivity contribution is 5.97. The van der Waals surface area contributed by atoms with E-state index >= 15 is 0 Å². The molecule has 2 aliphatic carbocycles. The van der Waals surface area contributed by atoms with Gasteiger partial charge in [0, 0.05) is 5.41 Å². The van der Waals surface area contributed by atoms with E-state index in [2.05, 4.69) is 27.4 Å². The molecule has 1 fully saturated rings. The summed E-state index contributed by atoms with van der Waals surface area (Å²) in [4.78, 5) is 12.4.